The lowest BCUT2D eigenvalue weighted by Gasteiger charge is -2.13. The van der Waals surface area contributed by atoms with Crippen molar-refractivity contribution >= 4 is 5.78 Å². The molecular formula is C7H9F3O. The van der Waals surface area contributed by atoms with Crippen molar-refractivity contribution in [3.63, 3.8) is 0 Å². The first-order valence-corrected chi connectivity index (χ1v) is 3.02. The first-order valence-electron chi connectivity index (χ1n) is 3.02. The lowest BCUT2D eigenvalue weighted by atomic mass is 9.90. The zero-order chi connectivity index (χ0) is 9.23. The van der Waals surface area contributed by atoms with Gasteiger partial charge in [0.05, 0.1) is 0 Å². The first kappa shape index (κ1) is 10.2. The summed E-state index contributed by atoms with van der Waals surface area (Å²) in [6, 6.07) is 0. The fourth-order valence-electron chi connectivity index (χ4n) is 0.415. The van der Waals surface area contributed by atoms with Crippen LogP contribution >= 0.6 is 0 Å². The van der Waals surface area contributed by atoms with Crippen molar-refractivity contribution in [2.24, 2.45) is 5.41 Å². The van der Waals surface area contributed by atoms with Crippen molar-refractivity contribution in [2.75, 3.05) is 0 Å². The zero-order valence-electron chi connectivity index (χ0n) is 6.54. The third kappa shape index (κ3) is 2.74. The highest BCUT2D eigenvalue weighted by Gasteiger charge is 2.28. The second-order valence-electron chi connectivity index (χ2n) is 3.15. The molecule has 0 fully saturated rings. The summed E-state index contributed by atoms with van der Waals surface area (Å²) < 4.78 is 35.2. The molecule has 0 heterocycles. The Kier molecular flexibility index (Phi) is 2.84. The van der Waals surface area contributed by atoms with Crippen LogP contribution in [-0.4, -0.2) is 5.78 Å². The minimum absolute atomic E-state index is 1.09. The second-order valence-corrected chi connectivity index (χ2v) is 3.15. The number of carbonyl (C=O) groups excluding carboxylic acids is 1. The van der Waals surface area contributed by atoms with E-state index in [0.717, 1.165) is 0 Å². The van der Waals surface area contributed by atoms with Crippen molar-refractivity contribution < 1.29 is 18.0 Å². The van der Waals surface area contributed by atoms with E-state index in [1.54, 1.807) is 0 Å². The van der Waals surface area contributed by atoms with Crippen LogP contribution in [0.25, 0.3) is 0 Å². The summed E-state index contributed by atoms with van der Waals surface area (Å²) >= 11 is 0. The SMILES string of the molecule is CC(C)(C)C(=O)C(F)=C(F)F. The summed E-state index contributed by atoms with van der Waals surface area (Å²) in [5, 5.41) is 0. The highest BCUT2D eigenvalue weighted by Crippen LogP contribution is 2.23. The number of rotatable bonds is 1. The van der Waals surface area contributed by atoms with Crippen LogP contribution < -0.4 is 0 Å². The number of halogens is 3. The van der Waals surface area contributed by atoms with Gasteiger partial charge >= 0.3 is 6.08 Å². The molecule has 0 aliphatic rings. The van der Waals surface area contributed by atoms with E-state index >= 15 is 0 Å². The molecule has 0 unspecified atom stereocenters. The van der Waals surface area contributed by atoms with Crippen LogP contribution in [0.4, 0.5) is 13.2 Å². The Morgan fingerprint density at radius 3 is 1.55 bits per heavy atom. The predicted molar refractivity (Wildman–Crippen MR) is 34.8 cm³/mol. The third-order valence-corrected chi connectivity index (χ3v) is 1.05. The van der Waals surface area contributed by atoms with Gasteiger partial charge < -0.3 is 0 Å². The molecule has 0 radical (unpaired) electrons. The largest absolute Gasteiger partial charge is 0.309 e. The molecule has 0 aliphatic heterocycles. The van der Waals surface area contributed by atoms with Crippen molar-refractivity contribution in [1.82, 2.24) is 0 Å². The van der Waals surface area contributed by atoms with Crippen LogP contribution in [0.15, 0.2) is 11.9 Å². The van der Waals surface area contributed by atoms with E-state index < -0.39 is 23.1 Å². The van der Waals surface area contributed by atoms with Crippen molar-refractivity contribution in [3.8, 4) is 0 Å². The van der Waals surface area contributed by atoms with Gasteiger partial charge in [0.25, 0.3) is 0 Å². The van der Waals surface area contributed by atoms with Crippen LogP contribution in [0.2, 0.25) is 0 Å². The fourth-order valence-corrected chi connectivity index (χ4v) is 0.415. The average molecular weight is 166 g/mol. The Hall–Kier alpha value is -0.800. The molecule has 0 saturated carbocycles. The maximum absolute atomic E-state index is 12.2. The summed E-state index contributed by atoms with van der Waals surface area (Å²) in [4.78, 5) is 10.7. The number of hydrogen-bond acceptors (Lipinski definition) is 1. The fraction of sp³-hybridized carbons (Fsp3) is 0.571. The van der Waals surface area contributed by atoms with E-state index in [2.05, 4.69) is 0 Å². The average Bonchev–Trinajstić information content (AvgIpc) is 1.82. The predicted octanol–water partition coefficient (Wildman–Crippen LogP) is 2.68. The minimum Gasteiger partial charge on any atom is -0.291 e. The second kappa shape index (κ2) is 3.07. The Morgan fingerprint density at radius 1 is 1.09 bits per heavy atom. The van der Waals surface area contributed by atoms with Crippen LogP contribution in [-0.2, 0) is 4.79 Å². The highest BCUT2D eigenvalue weighted by atomic mass is 19.3. The maximum atomic E-state index is 12.2. The van der Waals surface area contributed by atoms with Crippen molar-refractivity contribution in [2.45, 2.75) is 20.8 Å². The van der Waals surface area contributed by atoms with E-state index in [1.165, 1.54) is 20.8 Å². The van der Waals surface area contributed by atoms with Gasteiger partial charge in [-0.25, -0.2) is 0 Å². The van der Waals surface area contributed by atoms with Gasteiger partial charge in [0.1, 0.15) is 0 Å². The number of ketones is 1. The lowest BCUT2D eigenvalue weighted by molar-refractivity contribution is -0.124. The smallest absolute Gasteiger partial charge is 0.291 e. The monoisotopic (exact) mass is 166 g/mol. The summed E-state index contributed by atoms with van der Waals surface area (Å²) in [7, 11) is 0. The van der Waals surface area contributed by atoms with Gasteiger partial charge in [-0.05, 0) is 0 Å². The standard InChI is InChI=1S/C7H9F3O/c1-7(2,3)5(11)4(8)6(9)10/h1-3H3. The van der Waals surface area contributed by atoms with Gasteiger partial charge in [0, 0.05) is 5.41 Å². The molecule has 11 heavy (non-hydrogen) atoms. The van der Waals surface area contributed by atoms with E-state index in [-0.39, 0.29) is 0 Å². The molecule has 0 aromatic carbocycles. The molecule has 0 amide bonds. The molecular weight excluding hydrogens is 157 g/mol. The minimum atomic E-state index is -2.55. The molecule has 0 aliphatic carbocycles. The Bertz CT molecular complexity index is 196. The Morgan fingerprint density at radius 2 is 1.45 bits per heavy atom. The van der Waals surface area contributed by atoms with E-state index in [1.807, 2.05) is 0 Å². The van der Waals surface area contributed by atoms with Crippen LogP contribution in [0.5, 0.6) is 0 Å². The van der Waals surface area contributed by atoms with E-state index in [0.29, 0.717) is 0 Å². The normalized spacial score (nSPS) is 11.1. The van der Waals surface area contributed by atoms with Crippen LogP contribution in [0.3, 0.4) is 0 Å². The third-order valence-electron chi connectivity index (χ3n) is 1.05. The van der Waals surface area contributed by atoms with Gasteiger partial charge in [-0.15, -0.1) is 0 Å². The first-order chi connectivity index (χ1) is 4.76. The summed E-state index contributed by atoms with van der Waals surface area (Å²) in [6.45, 7) is 4.12. The topological polar surface area (TPSA) is 17.1 Å². The van der Waals surface area contributed by atoms with Gasteiger partial charge in [-0.1, -0.05) is 20.8 Å². The number of Topliss-reactive ketones (excluding diaryl/α,β-unsaturated/α-hetero) is 1. The van der Waals surface area contributed by atoms with Gasteiger partial charge in [-0.2, -0.15) is 13.2 Å². The molecule has 0 spiro atoms. The quantitative estimate of drug-likeness (QED) is 0.547. The van der Waals surface area contributed by atoms with Gasteiger partial charge in [-0.3, -0.25) is 4.79 Å². The summed E-state index contributed by atoms with van der Waals surface area (Å²) in [5.74, 6) is -3.10. The molecule has 0 aromatic heterocycles. The molecule has 0 N–H and O–H groups in total. The van der Waals surface area contributed by atoms with E-state index in [9.17, 15) is 18.0 Å². The molecule has 0 bridgehead atoms. The Balaban J connectivity index is 4.67. The molecule has 0 atom stereocenters. The van der Waals surface area contributed by atoms with Gasteiger partial charge in [0.15, 0.2) is 0 Å². The molecule has 0 aromatic rings. The molecule has 0 rings (SSSR count). The van der Waals surface area contributed by atoms with Crippen LogP contribution in [0.1, 0.15) is 20.8 Å². The zero-order valence-corrected chi connectivity index (χ0v) is 6.54. The summed E-state index contributed by atoms with van der Waals surface area (Å²) in [5.41, 5.74) is -1.09. The van der Waals surface area contributed by atoms with Crippen molar-refractivity contribution in [1.29, 1.82) is 0 Å². The molecule has 1 nitrogen and oxygen atoms in total. The van der Waals surface area contributed by atoms with E-state index in [4.69, 9.17) is 0 Å². The highest BCUT2D eigenvalue weighted by molar-refractivity contribution is 5.97. The number of allylic oxidation sites excluding steroid dienone is 1. The van der Waals surface area contributed by atoms with Crippen molar-refractivity contribution in [3.05, 3.63) is 11.9 Å². The Labute approximate surface area is 62.9 Å². The maximum Gasteiger partial charge on any atom is 0.309 e. The number of hydrogen-bond donors (Lipinski definition) is 0. The van der Waals surface area contributed by atoms with Gasteiger partial charge in [0.2, 0.25) is 11.6 Å². The molecule has 64 valence electrons. The lowest BCUT2D eigenvalue weighted by Crippen LogP contribution is -2.20. The number of carbonyl (C=O) groups is 1. The summed E-state index contributed by atoms with van der Waals surface area (Å²) in [6.07, 6.45) is -2.55. The van der Waals surface area contributed by atoms with Crippen LogP contribution in [0, 0.1) is 5.41 Å². The molecule has 0 saturated heterocycles. The molecule has 4 heteroatoms.